The Morgan fingerprint density at radius 1 is 1.18 bits per heavy atom. The zero-order valence-corrected chi connectivity index (χ0v) is 15.8. The SMILES string of the molecule is COc1cccc(C(=O)c2oc3cc(NC(=O)C4CCCO4)ccc3c2C)c1. The molecule has 144 valence electrons. The zero-order valence-electron chi connectivity index (χ0n) is 15.8. The number of carbonyl (C=O) groups is 2. The van der Waals surface area contributed by atoms with Crippen molar-refractivity contribution >= 4 is 28.3 Å². The number of ketones is 1. The van der Waals surface area contributed by atoms with E-state index in [0.717, 1.165) is 23.8 Å². The van der Waals surface area contributed by atoms with E-state index in [1.54, 1.807) is 43.5 Å². The van der Waals surface area contributed by atoms with Gasteiger partial charge in [0.15, 0.2) is 5.76 Å². The second-order valence-electron chi connectivity index (χ2n) is 6.82. The standard InChI is InChI=1S/C22H21NO5/c1-13-17-9-8-15(23-22(25)18-7-4-10-27-18)12-19(17)28-21(13)20(24)14-5-3-6-16(11-14)26-2/h3,5-6,8-9,11-12,18H,4,7,10H2,1-2H3,(H,23,25). The third-order valence-electron chi connectivity index (χ3n) is 4.97. The van der Waals surface area contributed by atoms with Gasteiger partial charge in [0, 0.05) is 34.9 Å². The molecule has 6 heteroatoms. The van der Waals surface area contributed by atoms with Crippen molar-refractivity contribution in [1.82, 2.24) is 0 Å². The molecule has 1 unspecified atom stereocenters. The lowest BCUT2D eigenvalue weighted by atomic mass is 10.0. The lowest BCUT2D eigenvalue weighted by molar-refractivity contribution is -0.124. The number of fused-ring (bicyclic) bond motifs is 1. The second-order valence-corrected chi connectivity index (χ2v) is 6.82. The van der Waals surface area contributed by atoms with Gasteiger partial charge in [-0.05, 0) is 44.0 Å². The van der Waals surface area contributed by atoms with Crippen LogP contribution in [0.1, 0.15) is 34.5 Å². The van der Waals surface area contributed by atoms with Crippen LogP contribution in [0.15, 0.2) is 46.9 Å². The van der Waals surface area contributed by atoms with Crippen molar-refractivity contribution in [3.63, 3.8) is 0 Å². The Balaban J connectivity index is 1.62. The number of ether oxygens (including phenoxy) is 2. The average Bonchev–Trinajstić information content (AvgIpc) is 3.36. The van der Waals surface area contributed by atoms with E-state index in [2.05, 4.69) is 5.32 Å². The topological polar surface area (TPSA) is 77.8 Å². The summed E-state index contributed by atoms with van der Waals surface area (Å²) in [5.41, 5.74) is 2.42. The van der Waals surface area contributed by atoms with Crippen molar-refractivity contribution < 1.29 is 23.5 Å². The van der Waals surface area contributed by atoms with Gasteiger partial charge in [-0.2, -0.15) is 0 Å². The van der Waals surface area contributed by atoms with Crippen LogP contribution in [-0.2, 0) is 9.53 Å². The number of amides is 1. The molecule has 1 amide bonds. The van der Waals surface area contributed by atoms with Crippen LogP contribution in [0.2, 0.25) is 0 Å². The highest BCUT2D eigenvalue weighted by atomic mass is 16.5. The summed E-state index contributed by atoms with van der Waals surface area (Å²) in [4.78, 5) is 25.1. The van der Waals surface area contributed by atoms with Crippen LogP contribution >= 0.6 is 0 Å². The minimum atomic E-state index is -0.403. The first-order valence-electron chi connectivity index (χ1n) is 9.21. The summed E-state index contributed by atoms with van der Waals surface area (Å²) in [5, 5.41) is 3.69. The van der Waals surface area contributed by atoms with Crippen molar-refractivity contribution in [1.29, 1.82) is 0 Å². The first kappa shape index (κ1) is 18.3. The number of hydrogen-bond donors (Lipinski definition) is 1. The van der Waals surface area contributed by atoms with Crippen molar-refractivity contribution in [3.05, 3.63) is 59.4 Å². The van der Waals surface area contributed by atoms with Crippen molar-refractivity contribution in [2.75, 3.05) is 19.0 Å². The summed E-state index contributed by atoms with van der Waals surface area (Å²) in [6.07, 6.45) is 1.22. The van der Waals surface area contributed by atoms with Crippen LogP contribution in [0.3, 0.4) is 0 Å². The van der Waals surface area contributed by atoms with Crippen LogP contribution in [0.25, 0.3) is 11.0 Å². The van der Waals surface area contributed by atoms with E-state index < -0.39 is 6.10 Å². The Kier molecular flexibility index (Phi) is 4.88. The molecule has 1 aliphatic heterocycles. The Morgan fingerprint density at radius 2 is 2.04 bits per heavy atom. The van der Waals surface area contributed by atoms with Crippen LogP contribution in [0.5, 0.6) is 5.75 Å². The molecule has 0 aliphatic carbocycles. The van der Waals surface area contributed by atoms with E-state index >= 15 is 0 Å². The molecule has 0 spiro atoms. The van der Waals surface area contributed by atoms with Gasteiger partial charge >= 0.3 is 0 Å². The lowest BCUT2D eigenvalue weighted by Crippen LogP contribution is -2.26. The number of carbonyl (C=O) groups excluding carboxylic acids is 2. The first-order chi connectivity index (χ1) is 13.6. The zero-order chi connectivity index (χ0) is 19.7. The number of methoxy groups -OCH3 is 1. The monoisotopic (exact) mass is 379 g/mol. The fraction of sp³-hybridized carbons (Fsp3) is 0.273. The molecule has 1 N–H and O–H groups in total. The summed E-state index contributed by atoms with van der Waals surface area (Å²) in [6.45, 7) is 2.47. The summed E-state index contributed by atoms with van der Waals surface area (Å²) in [5.74, 6) is 0.523. The lowest BCUT2D eigenvalue weighted by Gasteiger charge is -2.10. The maximum absolute atomic E-state index is 12.9. The number of hydrogen-bond acceptors (Lipinski definition) is 5. The van der Waals surface area contributed by atoms with Crippen LogP contribution in [0.4, 0.5) is 5.69 Å². The van der Waals surface area contributed by atoms with Crippen molar-refractivity contribution in [2.45, 2.75) is 25.9 Å². The normalized spacial score (nSPS) is 16.3. The molecular weight excluding hydrogens is 358 g/mol. The molecule has 1 aromatic heterocycles. The molecule has 1 atom stereocenters. The van der Waals surface area contributed by atoms with Gasteiger partial charge in [0.25, 0.3) is 5.91 Å². The van der Waals surface area contributed by atoms with Gasteiger partial charge in [-0.3, -0.25) is 9.59 Å². The van der Waals surface area contributed by atoms with Gasteiger partial charge in [-0.15, -0.1) is 0 Å². The molecular formula is C22H21NO5. The van der Waals surface area contributed by atoms with E-state index in [1.807, 2.05) is 13.0 Å². The average molecular weight is 379 g/mol. The molecule has 0 saturated carbocycles. The number of furan rings is 1. The molecule has 2 aromatic carbocycles. The van der Waals surface area contributed by atoms with Gasteiger partial charge in [-0.25, -0.2) is 0 Å². The third kappa shape index (κ3) is 3.39. The van der Waals surface area contributed by atoms with E-state index in [1.165, 1.54) is 0 Å². The predicted octanol–water partition coefficient (Wildman–Crippen LogP) is 4.10. The molecule has 1 fully saturated rings. The Labute approximate surface area is 162 Å². The fourth-order valence-electron chi connectivity index (χ4n) is 3.42. The van der Waals surface area contributed by atoms with Crippen LogP contribution in [-0.4, -0.2) is 31.5 Å². The predicted molar refractivity (Wildman–Crippen MR) is 105 cm³/mol. The maximum Gasteiger partial charge on any atom is 0.253 e. The molecule has 0 radical (unpaired) electrons. The minimum Gasteiger partial charge on any atom is -0.497 e. The van der Waals surface area contributed by atoms with Gasteiger partial charge < -0.3 is 19.2 Å². The first-order valence-corrected chi connectivity index (χ1v) is 9.21. The van der Waals surface area contributed by atoms with Crippen LogP contribution in [0, 0.1) is 6.92 Å². The quantitative estimate of drug-likeness (QED) is 0.676. The highest BCUT2D eigenvalue weighted by molar-refractivity contribution is 6.11. The van der Waals surface area contributed by atoms with Gasteiger partial charge in [0.05, 0.1) is 7.11 Å². The molecule has 3 aromatic rings. The molecule has 6 nitrogen and oxygen atoms in total. The Hall–Kier alpha value is -3.12. The minimum absolute atomic E-state index is 0.159. The Morgan fingerprint density at radius 3 is 2.79 bits per heavy atom. The van der Waals surface area contributed by atoms with Gasteiger partial charge in [0.1, 0.15) is 17.4 Å². The largest absolute Gasteiger partial charge is 0.497 e. The smallest absolute Gasteiger partial charge is 0.253 e. The molecule has 1 aliphatic rings. The summed E-state index contributed by atoms with van der Waals surface area (Å²) in [6, 6.07) is 12.3. The van der Waals surface area contributed by atoms with Crippen LogP contribution < -0.4 is 10.1 Å². The number of benzene rings is 2. The highest BCUT2D eigenvalue weighted by Crippen LogP contribution is 2.30. The van der Waals surface area contributed by atoms with E-state index in [4.69, 9.17) is 13.9 Å². The van der Waals surface area contributed by atoms with Gasteiger partial charge in [-0.1, -0.05) is 12.1 Å². The number of anilines is 1. The second kappa shape index (κ2) is 7.48. The summed E-state index contributed by atoms with van der Waals surface area (Å²) < 4.78 is 16.5. The van der Waals surface area contributed by atoms with Crippen molar-refractivity contribution in [2.24, 2.45) is 0 Å². The maximum atomic E-state index is 12.9. The summed E-state index contributed by atoms with van der Waals surface area (Å²) >= 11 is 0. The molecule has 2 heterocycles. The molecule has 28 heavy (non-hydrogen) atoms. The van der Waals surface area contributed by atoms with E-state index in [0.29, 0.717) is 29.2 Å². The third-order valence-corrected chi connectivity index (χ3v) is 4.97. The Bertz CT molecular complexity index is 1050. The highest BCUT2D eigenvalue weighted by Gasteiger charge is 2.24. The van der Waals surface area contributed by atoms with E-state index in [-0.39, 0.29) is 17.5 Å². The van der Waals surface area contributed by atoms with Gasteiger partial charge in [0.2, 0.25) is 5.78 Å². The fourth-order valence-corrected chi connectivity index (χ4v) is 3.42. The van der Waals surface area contributed by atoms with Crippen molar-refractivity contribution in [3.8, 4) is 5.75 Å². The van der Waals surface area contributed by atoms with E-state index in [9.17, 15) is 9.59 Å². The molecule has 1 saturated heterocycles. The molecule has 0 bridgehead atoms. The number of rotatable bonds is 5. The summed E-state index contributed by atoms with van der Waals surface area (Å²) in [7, 11) is 1.56. The molecule has 4 rings (SSSR count). The number of nitrogens with one attached hydrogen (secondary N) is 1. The number of aryl methyl sites for hydroxylation is 1.